The van der Waals surface area contributed by atoms with E-state index in [0.717, 1.165) is 40.9 Å². The lowest BCUT2D eigenvalue weighted by molar-refractivity contribution is -0.0660. The molecule has 0 N–H and O–H groups in total. The van der Waals surface area contributed by atoms with Crippen LogP contribution >= 0.6 is 15.9 Å². The molecule has 2 aliphatic heterocycles. The van der Waals surface area contributed by atoms with Gasteiger partial charge >= 0.3 is 0 Å². The van der Waals surface area contributed by atoms with Crippen LogP contribution in [0.3, 0.4) is 0 Å². The molecule has 0 bridgehead atoms. The van der Waals surface area contributed by atoms with Crippen molar-refractivity contribution in [3.8, 4) is 5.75 Å². The van der Waals surface area contributed by atoms with Gasteiger partial charge in [-0.25, -0.2) is 4.21 Å². The van der Waals surface area contributed by atoms with Crippen LogP contribution in [0.4, 0.5) is 0 Å². The lowest BCUT2D eigenvalue weighted by atomic mass is 9.85. The van der Waals surface area contributed by atoms with Gasteiger partial charge in [0.25, 0.3) is 0 Å². The molecule has 2 heterocycles. The third kappa shape index (κ3) is 3.69. The normalized spacial score (nSPS) is 27.6. The van der Waals surface area contributed by atoms with Gasteiger partial charge in [-0.05, 0) is 51.8 Å². The van der Waals surface area contributed by atoms with Crippen LogP contribution in [0.15, 0.2) is 27.1 Å². The molecule has 1 aromatic rings. The number of hydrogen-bond donors (Lipinski definition) is 0. The Morgan fingerprint density at radius 3 is 2.78 bits per heavy atom. The fourth-order valence-electron chi connectivity index (χ4n) is 2.85. The molecule has 2 aliphatic rings. The molecule has 1 fully saturated rings. The Kier molecular flexibility index (Phi) is 4.69. The lowest BCUT2D eigenvalue weighted by Crippen LogP contribution is -2.48. The number of rotatable bonds is 1. The van der Waals surface area contributed by atoms with E-state index in [4.69, 9.17) is 9.47 Å². The Balaban J connectivity index is 2.04. The van der Waals surface area contributed by atoms with Crippen molar-refractivity contribution in [2.75, 3.05) is 13.2 Å². The summed E-state index contributed by atoms with van der Waals surface area (Å²) in [6.45, 7) is 7.15. The van der Waals surface area contributed by atoms with Gasteiger partial charge in [0.15, 0.2) is 0 Å². The van der Waals surface area contributed by atoms with E-state index in [1.165, 1.54) is 0 Å². The van der Waals surface area contributed by atoms with E-state index >= 15 is 0 Å². The summed E-state index contributed by atoms with van der Waals surface area (Å²) in [6.07, 6.45) is 2.55. The number of hydrogen-bond acceptors (Lipinski definition) is 3. The highest BCUT2D eigenvalue weighted by Gasteiger charge is 2.41. The summed E-state index contributed by atoms with van der Waals surface area (Å²) in [5.74, 6) is 0.801. The zero-order valence-corrected chi connectivity index (χ0v) is 16.1. The topological polar surface area (TPSA) is 47.9 Å². The lowest BCUT2D eigenvalue weighted by Gasteiger charge is -2.41. The maximum atomic E-state index is 12.5. The molecular formula is C17H22BrNO3S. The number of halogens is 1. The molecule has 0 saturated carbocycles. The van der Waals surface area contributed by atoms with E-state index in [-0.39, 0.29) is 10.3 Å². The van der Waals surface area contributed by atoms with E-state index in [1.807, 2.05) is 39.0 Å². The molecule has 0 radical (unpaired) electrons. The van der Waals surface area contributed by atoms with Crippen LogP contribution in [0.25, 0.3) is 0 Å². The van der Waals surface area contributed by atoms with E-state index in [9.17, 15) is 4.21 Å². The van der Waals surface area contributed by atoms with Crippen LogP contribution in [-0.4, -0.2) is 33.5 Å². The Morgan fingerprint density at radius 2 is 2.13 bits per heavy atom. The van der Waals surface area contributed by atoms with Crippen molar-refractivity contribution in [2.24, 2.45) is 4.40 Å². The first kappa shape index (κ1) is 17.1. The summed E-state index contributed by atoms with van der Waals surface area (Å²) >= 11 is 3.50. The molecule has 3 rings (SSSR count). The van der Waals surface area contributed by atoms with E-state index in [2.05, 4.69) is 20.3 Å². The molecule has 2 atom stereocenters. The van der Waals surface area contributed by atoms with Crippen LogP contribution in [0.5, 0.6) is 5.75 Å². The van der Waals surface area contributed by atoms with Crippen molar-refractivity contribution in [1.82, 2.24) is 0 Å². The molecule has 126 valence electrons. The maximum absolute atomic E-state index is 12.5. The molecule has 1 aromatic carbocycles. The minimum Gasteiger partial charge on any atom is -0.484 e. The number of fused-ring (bicyclic) bond motifs is 1. The van der Waals surface area contributed by atoms with Crippen LogP contribution in [0.1, 0.15) is 45.6 Å². The summed E-state index contributed by atoms with van der Waals surface area (Å²) in [6, 6.07) is 5.90. The summed E-state index contributed by atoms with van der Waals surface area (Å²) in [5, 5.41) is 0. The molecule has 0 aromatic heterocycles. The van der Waals surface area contributed by atoms with Gasteiger partial charge in [0, 0.05) is 23.1 Å². The summed E-state index contributed by atoms with van der Waals surface area (Å²) < 4.78 is 29.6. The first-order valence-corrected chi connectivity index (χ1v) is 9.75. The quantitative estimate of drug-likeness (QED) is 0.715. The Labute approximate surface area is 148 Å². The standard InChI is InChI=1S/C17H22BrNO3S/c1-16(2,3)23(20)19-14-10-17(7-4-8-21-11-17)22-15-6-5-12(18)9-13(14)15/h5-6,9H,4,7-8,10-11H2,1-3H3/t17-,23?/m1/s1. The first-order chi connectivity index (χ1) is 10.8. The van der Waals surface area contributed by atoms with Gasteiger partial charge in [-0.2, -0.15) is 4.40 Å². The van der Waals surface area contributed by atoms with Crippen LogP contribution in [0.2, 0.25) is 0 Å². The van der Waals surface area contributed by atoms with Gasteiger partial charge in [-0.3, -0.25) is 0 Å². The van der Waals surface area contributed by atoms with E-state index in [0.29, 0.717) is 13.0 Å². The van der Waals surface area contributed by atoms with Crippen LogP contribution < -0.4 is 4.74 Å². The molecule has 4 nitrogen and oxygen atoms in total. The van der Waals surface area contributed by atoms with Gasteiger partial charge in [0.1, 0.15) is 22.3 Å². The van der Waals surface area contributed by atoms with Gasteiger partial charge in [0.05, 0.1) is 17.1 Å². The van der Waals surface area contributed by atoms with E-state index in [1.54, 1.807) is 0 Å². The Hall–Kier alpha value is -0.720. The molecule has 0 aliphatic carbocycles. The second-order valence-electron chi connectivity index (χ2n) is 7.16. The fraction of sp³-hybridized carbons (Fsp3) is 0.588. The molecule has 1 unspecified atom stereocenters. The van der Waals surface area contributed by atoms with Gasteiger partial charge < -0.3 is 9.47 Å². The van der Waals surface area contributed by atoms with Gasteiger partial charge in [0.2, 0.25) is 0 Å². The van der Waals surface area contributed by atoms with Gasteiger partial charge in [-0.15, -0.1) is 0 Å². The number of ether oxygens (including phenoxy) is 2. The van der Waals surface area contributed by atoms with Crippen molar-refractivity contribution < 1.29 is 13.7 Å². The second-order valence-corrected chi connectivity index (χ2v) is 9.98. The van der Waals surface area contributed by atoms with Crippen molar-refractivity contribution >= 4 is 32.6 Å². The van der Waals surface area contributed by atoms with Crippen LogP contribution in [-0.2, 0) is 15.7 Å². The largest absolute Gasteiger partial charge is 0.484 e. The SMILES string of the molecule is CC(C)(C)S(=O)N=C1C[C@@]2(CCCOC2)Oc2ccc(Br)cc21. The monoisotopic (exact) mass is 399 g/mol. The number of nitrogens with zero attached hydrogens (tertiary/aromatic N) is 1. The average Bonchev–Trinajstić information content (AvgIpc) is 2.48. The molecule has 6 heteroatoms. The highest BCUT2D eigenvalue weighted by molar-refractivity contribution is 9.10. The molecule has 0 amide bonds. The highest BCUT2D eigenvalue weighted by atomic mass is 79.9. The highest BCUT2D eigenvalue weighted by Crippen LogP contribution is 2.39. The predicted molar refractivity (Wildman–Crippen MR) is 96.6 cm³/mol. The first-order valence-electron chi connectivity index (χ1n) is 7.85. The van der Waals surface area contributed by atoms with Crippen molar-refractivity contribution in [1.29, 1.82) is 0 Å². The average molecular weight is 400 g/mol. The summed E-state index contributed by atoms with van der Waals surface area (Å²) in [5.41, 5.74) is 1.40. The van der Waals surface area contributed by atoms with E-state index < -0.39 is 11.0 Å². The predicted octanol–water partition coefficient (Wildman–Crippen LogP) is 4.03. The van der Waals surface area contributed by atoms with Crippen molar-refractivity contribution in [3.05, 3.63) is 28.2 Å². The third-order valence-electron chi connectivity index (χ3n) is 4.07. The smallest absolute Gasteiger partial charge is 0.145 e. The minimum atomic E-state index is -1.29. The Bertz CT molecular complexity index is 660. The molecular weight excluding hydrogens is 378 g/mol. The maximum Gasteiger partial charge on any atom is 0.145 e. The molecule has 1 saturated heterocycles. The van der Waals surface area contributed by atoms with Crippen molar-refractivity contribution in [3.63, 3.8) is 0 Å². The second kappa shape index (κ2) is 6.30. The molecule has 23 heavy (non-hydrogen) atoms. The minimum absolute atomic E-state index is 0.375. The molecule has 1 spiro atoms. The third-order valence-corrected chi connectivity index (χ3v) is 6.00. The van der Waals surface area contributed by atoms with Crippen LogP contribution in [0, 0.1) is 0 Å². The zero-order chi connectivity index (χ0) is 16.7. The van der Waals surface area contributed by atoms with Gasteiger partial charge in [-0.1, -0.05) is 15.9 Å². The fourth-order valence-corrected chi connectivity index (χ4v) is 3.85. The Morgan fingerprint density at radius 1 is 1.35 bits per heavy atom. The summed E-state index contributed by atoms with van der Waals surface area (Å²) in [7, 11) is -1.29. The van der Waals surface area contributed by atoms with Crippen molar-refractivity contribution in [2.45, 2.75) is 50.4 Å². The summed E-state index contributed by atoms with van der Waals surface area (Å²) in [4.78, 5) is 0. The number of benzene rings is 1. The zero-order valence-electron chi connectivity index (χ0n) is 13.7.